The van der Waals surface area contributed by atoms with Gasteiger partial charge in [0.25, 0.3) is 15.9 Å². The first-order valence-electron chi connectivity index (χ1n) is 16.5. The maximum Gasteiger partial charge on any atom is 0.411 e. The van der Waals surface area contributed by atoms with E-state index in [1.54, 1.807) is 28.5 Å². The number of amides is 2. The number of sulfonamides is 1. The van der Waals surface area contributed by atoms with E-state index in [0.29, 0.717) is 22.0 Å². The van der Waals surface area contributed by atoms with Crippen molar-refractivity contribution in [1.82, 2.24) is 9.29 Å². The minimum absolute atomic E-state index is 0.104. The molecule has 1 saturated carbocycles. The Balaban J connectivity index is 1.43. The van der Waals surface area contributed by atoms with Gasteiger partial charge in [0.15, 0.2) is 0 Å². The molecule has 1 aliphatic rings. The topological polar surface area (TPSA) is 116 Å². The zero-order valence-corrected chi connectivity index (χ0v) is 24.3. The third kappa shape index (κ3) is 6.10. The van der Waals surface area contributed by atoms with Crippen LogP contribution in [-0.4, -0.2) is 38.2 Å². The van der Waals surface area contributed by atoms with Gasteiger partial charge in [0, 0.05) is 45.3 Å². The summed E-state index contributed by atoms with van der Waals surface area (Å²) < 4.78 is 96.1. The Labute approximate surface area is 259 Å². The molecule has 0 spiro atoms. The number of ether oxygens (including phenoxy) is 2. The first-order valence-corrected chi connectivity index (χ1v) is 14.9. The summed E-state index contributed by atoms with van der Waals surface area (Å²) in [4.78, 5) is 24.5. The number of nitrogens with one attached hydrogen (secondary N) is 2. The molecule has 0 aliphatic heterocycles. The van der Waals surface area contributed by atoms with Gasteiger partial charge in [0.05, 0.1) is 17.5 Å². The molecule has 42 heavy (non-hydrogen) atoms. The fourth-order valence-corrected chi connectivity index (χ4v) is 6.23. The highest BCUT2D eigenvalue weighted by atomic mass is 35.5. The average molecular weight is 617 g/mol. The van der Waals surface area contributed by atoms with Gasteiger partial charge in [-0.05, 0) is 80.0 Å². The minimum Gasteiger partial charge on any atom is -0.496 e. The fourth-order valence-electron chi connectivity index (χ4n) is 5.00. The first kappa shape index (κ1) is 21.6. The quantitative estimate of drug-likeness (QED) is 0.238. The van der Waals surface area contributed by atoms with Gasteiger partial charge in [-0.15, -0.1) is 0 Å². The van der Waals surface area contributed by atoms with Crippen LogP contribution in [0.2, 0.25) is 5.15 Å². The van der Waals surface area contributed by atoms with Gasteiger partial charge < -0.3 is 14.0 Å². The van der Waals surface area contributed by atoms with Crippen LogP contribution < -0.4 is 14.8 Å². The van der Waals surface area contributed by atoms with E-state index in [0.717, 1.165) is 36.6 Å². The van der Waals surface area contributed by atoms with Crippen molar-refractivity contribution in [2.45, 2.75) is 50.0 Å². The van der Waals surface area contributed by atoms with Crippen LogP contribution >= 0.6 is 11.6 Å². The molecule has 2 N–H and O–H groups in total. The molecule has 1 aromatic heterocycles. The molecule has 0 unspecified atom stereocenters. The maximum absolute atomic E-state index is 13.3. The van der Waals surface area contributed by atoms with Crippen LogP contribution in [0.4, 0.5) is 10.5 Å². The zero-order chi connectivity index (χ0) is 36.0. The first-order chi connectivity index (χ1) is 22.9. The Bertz CT molecular complexity index is 2100. The third-order valence-corrected chi connectivity index (χ3v) is 8.89. The van der Waals surface area contributed by atoms with Crippen LogP contribution in [0.5, 0.6) is 5.75 Å². The molecular formula is C31H32ClN3O6S. The van der Waals surface area contributed by atoms with Crippen LogP contribution in [0, 0.1) is 6.85 Å². The lowest BCUT2D eigenvalue weighted by Gasteiger charge is -2.13. The van der Waals surface area contributed by atoms with Crippen molar-refractivity contribution in [3.63, 3.8) is 0 Å². The number of aromatic nitrogens is 1. The molecule has 1 fully saturated rings. The lowest BCUT2D eigenvalue weighted by molar-refractivity contribution is 0.0980. The van der Waals surface area contributed by atoms with Crippen LogP contribution in [0.25, 0.3) is 10.9 Å². The summed E-state index contributed by atoms with van der Waals surface area (Å²) in [5.74, 6) is -1.01. The van der Waals surface area contributed by atoms with Gasteiger partial charge in [-0.3, -0.25) is 10.1 Å². The molecule has 1 heterocycles. The molecule has 1 aliphatic carbocycles. The van der Waals surface area contributed by atoms with E-state index < -0.39 is 63.5 Å². The van der Waals surface area contributed by atoms with E-state index in [2.05, 4.69) is 5.32 Å². The van der Waals surface area contributed by atoms with Crippen molar-refractivity contribution in [2.75, 3.05) is 12.4 Å². The Morgan fingerprint density at radius 2 is 1.90 bits per heavy atom. The second kappa shape index (κ2) is 12.1. The van der Waals surface area contributed by atoms with Crippen LogP contribution in [0.3, 0.4) is 0 Å². The van der Waals surface area contributed by atoms with Crippen molar-refractivity contribution in [1.29, 1.82) is 0 Å². The van der Waals surface area contributed by atoms with Gasteiger partial charge in [-0.2, -0.15) is 0 Å². The van der Waals surface area contributed by atoms with Crippen molar-refractivity contribution in [3.8, 4) is 5.75 Å². The number of halogens is 1. The van der Waals surface area contributed by atoms with Gasteiger partial charge in [-0.25, -0.2) is 17.9 Å². The number of hydrogen-bond acceptors (Lipinski definition) is 6. The van der Waals surface area contributed by atoms with Gasteiger partial charge >= 0.3 is 6.09 Å². The van der Waals surface area contributed by atoms with E-state index in [1.165, 1.54) is 25.3 Å². The summed E-state index contributed by atoms with van der Waals surface area (Å²) in [6, 6.07) is 5.35. The average Bonchev–Trinajstić information content (AvgIpc) is 3.62. The molecule has 11 heteroatoms. The normalized spacial score (nSPS) is 16.4. The predicted octanol–water partition coefficient (Wildman–Crippen LogP) is 6.35. The summed E-state index contributed by atoms with van der Waals surface area (Å²) in [5.41, 5.74) is 1.20. The summed E-state index contributed by atoms with van der Waals surface area (Å²) in [5, 5.41) is 3.92. The SMILES string of the molecule is [2H]c1c([2H])c([2H])c(S(=O)(=O)NC(=O)c2ccc(Cc3c(Cl)n(C)c4ccc(NC(=O)OC5CCCC5)cc34)c(OC)c2)c(C([2H])([2H])[2H])c1[2H]. The number of fused-ring (bicyclic) bond motifs is 1. The smallest absolute Gasteiger partial charge is 0.411 e. The number of carbonyl (C=O) groups is 2. The number of aryl methyl sites for hydroxylation is 1. The number of carbonyl (C=O) groups excluding carboxylic acids is 2. The second-order valence-electron chi connectivity index (χ2n) is 9.84. The predicted molar refractivity (Wildman–Crippen MR) is 162 cm³/mol. The molecule has 4 aromatic rings. The zero-order valence-electron chi connectivity index (χ0n) is 29.8. The standard InChI is InChI=1S/C31H32ClN3O6S/c1-19-8-4-7-11-28(19)42(38,39)34-30(36)21-13-12-20(27(17-21)40-3)16-25-24-18-22(14-15-26(24)35(2)29(25)32)33-31(37)41-23-9-5-6-10-23/h4,7-8,11-15,17-18,23H,5-6,9-10,16H2,1-3H3,(H,33,37)(H,34,36)/i1D3,4D,7D,8D,11D. The highest BCUT2D eigenvalue weighted by molar-refractivity contribution is 7.90. The van der Waals surface area contributed by atoms with Crippen molar-refractivity contribution >= 4 is 50.2 Å². The van der Waals surface area contributed by atoms with Crippen LogP contribution in [-0.2, 0) is 28.2 Å². The lowest BCUT2D eigenvalue weighted by Crippen LogP contribution is -2.31. The molecule has 0 bridgehead atoms. The maximum atomic E-state index is 13.3. The van der Waals surface area contributed by atoms with Crippen LogP contribution in [0.15, 0.2) is 65.5 Å². The monoisotopic (exact) mass is 616 g/mol. The van der Waals surface area contributed by atoms with E-state index in [1.807, 2.05) is 6.07 Å². The van der Waals surface area contributed by atoms with Crippen molar-refractivity contribution < 1.29 is 37.1 Å². The highest BCUT2D eigenvalue weighted by Gasteiger charge is 2.23. The second-order valence-corrected chi connectivity index (χ2v) is 11.8. The Morgan fingerprint density at radius 1 is 1.14 bits per heavy atom. The van der Waals surface area contributed by atoms with Crippen molar-refractivity contribution in [3.05, 3.63) is 88.0 Å². The molecule has 220 valence electrons. The molecule has 0 saturated heterocycles. The Morgan fingerprint density at radius 3 is 2.64 bits per heavy atom. The van der Waals surface area contributed by atoms with Gasteiger partial charge in [0.1, 0.15) is 17.0 Å². The molecular weight excluding hydrogens is 578 g/mol. The molecule has 0 atom stereocenters. The highest BCUT2D eigenvalue weighted by Crippen LogP contribution is 2.35. The number of hydrogen-bond donors (Lipinski definition) is 2. The summed E-state index contributed by atoms with van der Waals surface area (Å²) in [7, 11) is -1.98. The Hall–Kier alpha value is -4.02. The van der Waals surface area contributed by atoms with E-state index in [9.17, 15) is 18.0 Å². The number of nitrogens with zero attached hydrogens (tertiary/aromatic N) is 1. The molecule has 5 rings (SSSR count). The van der Waals surface area contributed by atoms with Gasteiger partial charge in [0.2, 0.25) is 0 Å². The number of methoxy groups -OCH3 is 1. The number of rotatable bonds is 8. The molecule has 3 aromatic carbocycles. The van der Waals surface area contributed by atoms with Gasteiger partial charge in [-0.1, -0.05) is 35.8 Å². The van der Waals surface area contributed by atoms with Crippen molar-refractivity contribution in [2.24, 2.45) is 7.05 Å². The van der Waals surface area contributed by atoms with E-state index in [-0.39, 0.29) is 23.8 Å². The summed E-state index contributed by atoms with van der Waals surface area (Å²) in [6.07, 6.45) is 3.27. The molecule has 2 amide bonds. The van der Waals surface area contributed by atoms with E-state index >= 15 is 0 Å². The minimum atomic E-state index is -5.11. The molecule has 0 radical (unpaired) electrons. The lowest BCUT2D eigenvalue weighted by atomic mass is 10.0. The third-order valence-electron chi connectivity index (χ3n) is 7.11. The Kier molecular flexibility index (Phi) is 6.22. The number of benzene rings is 3. The fraction of sp³-hybridized carbons (Fsp3) is 0.290. The molecule has 9 nitrogen and oxygen atoms in total. The summed E-state index contributed by atoms with van der Waals surface area (Å²) in [6.45, 7) is -3.24. The number of anilines is 1. The van der Waals surface area contributed by atoms with E-state index in [4.69, 9.17) is 30.7 Å². The largest absolute Gasteiger partial charge is 0.496 e. The van der Waals surface area contributed by atoms with Crippen LogP contribution in [0.1, 0.15) is 62.3 Å². The summed E-state index contributed by atoms with van der Waals surface area (Å²) >= 11 is 6.74.